The molecule has 1 atom stereocenters. The van der Waals surface area contributed by atoms with E-state index in [0.717, 1.165) is 18.7 Å². The van der Waals surface area contributed by atoms with Gasteiger partial charge >= 0.3 is 0 Å². The summed E-state index contributed by atoms with van der Waals surface area (Å²) in [7, 11) is 0. The minimum atomic E-state index is 0.0343. The van der Waals surface area contributed by atoms with Crippen LogP contribution in [0.5, 0.6) is 0 Å². The standard InChI is InChI=1S/C12H20N4O/c1-4-9(3)16(5-2)10-6-7-14-11(8-10)12(13)15-17/h6-9,17H,4-5H2,1-3H3,(H2,13,15). The quantitative estimate of drug-likeness (QED) is 0.354. The molecule has 0 aliphatic heterocycles. The molecule has 0 amide bonds. The van der Waals surface area contributed by atoms with Crippen LogP contribution in [0.4, 0.5) is 5.69 Å². The molecule has 0 bridgehead atoms. The SMILES string of the molecule is CCC(C)N(CC)c1ccnc(C(N)=NO)c1. The fourth-order valence-corrected chi connectivity index (χ4v) is 1.76. The number of rotatable bonds is 5. The second-order valence-corrected chi connectivity index (χ2v) is 3.93. The summed E-state index contributed by atoms with van der Waals surface area (Å²) in [4.78, 5) is 6.33. The van der Waals surface area contributed by atoms with Crippen LogP contribution in [-0.4, -0.2) is 28.6 Å². The van der Waals surface area contributed by atoms with Crippen LogP contribution in [0, 0.1) is 0 Å². The Morgan fingerprint density at radius 1 is 1.59 bits per heavy atom. The molecular formula is C12H20N4O. The Morgan fingerprint density at radius 3 is 2.82 bits per heavy atom. The molecule has 5 nitrogen and oxygen atoms in total. The molecule has 0 aliphatic rings. The third-order valence-electron chi connectivity index (χ3n) is 2.91. The summed E-state index contributed by atoms with van der Waals surface area (Å²) >= 11 is 0. The van der Waals surface area contributed by atoms with Crippen molar-refractivity contribution in [2.75, 3.05) is 11.4 Å². The first-order valence-corrected chi connectivity index (χ1v) is 5.84. The molecule has 0 radical (unpaired) electrons. The minimum absolute atomic E-state index is 0.0343. The zero-order valence-electron chi connectivity index (χ0n) is 10.6. The van der Waals surface area contributed by atoms with Crippen LogP contribution in [0.2, 0.25) is 0 Å². The lowest BCUT2D eigenvalue weighted by Crippen LogP contribution is -2.32. The number of hydrogen-bond acceptors (Lipinski definition) is 4. The van der Waals surface area contributed by atoms with Crippen molar-refractivity contribution < 1.29 is 5.21 Å². The fourth-order valence-electron chi connectivity index (χ4n) is 1.76. The van der Waals surface area contributed by atoms with Crippen molar-refractivity contribution in [1.29, 1.82) is 0 Å². The van der Waals surface area contributed by atoms with Crippen LogP contribution >= 0.6 is 0 Å². The smallest absolute Gasteiger partial charge is 0.188 e. The predicted molar refractivity (Wildman–Crippen MR) is 69.5 cm³/mol. The van der Waals surface area contributed by atoms with Crippen LogP contribution in [0.15, 0.2) is 23.5 Å². The van der Waals surface area contributed by atoms with Crippen molar-refractivity contribution in [3.8, 4) is 0 Å². The van der Waals surface area contributed by atoms with E-state index in [0.29, 0.717) is 11.7 Å². The van der Waals surface area contributed by atoms with Gasteiger partial charge in [-0.15, -0.1) is 0 Å². The highest BCUT2D eigenvalue weighted by Gasteiger charge is 2.12. The number of pyridine rings is 1. The fraction of sp³-hybridized carbons (Fsp3) is 0.500. The normalized spacial score (nSPS) is 13.5. The lowest BCUT2D eigenvalue weighted by Gasteiger charge is -2.29. The number of nitrogens with two attached hydrogens (primary N) is 1. The average molecular weight is 236 g/mol. The molecule has 3 N–H and O–H groups in total. The Morgan fingerprint density at radius 2 is 2.29 bits per heavy atom. The summed E-state index contributed by atoms with van der Waals surface area (Å²) in [5.74, 6) is 0.0343. The van der Waals surface area contributed by atoms with E-state index in [9.17, 15) is 0 Å². The molecule has 5 heteroatoms. The zero-order chi connectivity index (χ0) is 12.8. The summed E-state index contributed by atoms with van der Waals surface area (Å²) in [6.45, 7) is 7.34. The van der Waals surface area contributed by atoms with Crippen molar-refractivity contribution in [3.05, 3.63) is 24.0 Å². The lowest BCUT2D eigenvalue weighted by molar-refractivity contribution is 0.318. The van der Waals surface area contributed by atoms with Gasteiger partial charge in [0.1, 0.15) is 5.69 Å². The van der Waals surface area contributed by atoms with Gasteiger partial charge in [0.2, 0.25) is 0 Å². The van der Waals surface area contributed by atoms with Gasteiger partial charge in [-0.2, -0.15) is 0 Å². The first-order chi connectivity index (χ1) is 8.13. The molecule has 1 unspecified atom stereocenters. The van der Waals surface area contributed by atoms with Crippen molar-refractivity contribution >= 4 is 11.5 Å². The van der Waals surface area contributed by atoms with Gasteiger partial charge in [-0.1, -0.05) is 12.1 Å². The van der Waals surface area contributed by atoms with Crippen molar-refractivity contribution in [2.24, 2.45) is 10.9 Å². The summed E-state index contributed by atoms with van der Waals surface area (Å²) < 4.78 is 0. The molecule has 0 spiro atoms. The molecular weight excluding hydrogens is 216 g/mol. The summed E-state index contributed by atoms with van der Waals surface area (Å²) in [5, 5.41) is 11.6. The maximum Gasteiger partial charge on any atom is 0.188 e. The Hall–Kier alpha value is -1.78. The maximum atomic E-state index is 8.64. The van der Waals surface area contributed by atoms with Gasteiger partial charge in [-0.25, -0.2) is 0 Å². The van der Waals surface area contributed by atoms with E-state index in [1.54, 1.807) is 6.20 Å². The molecule has 1 rings (SSSR count). The van der Waals surface area contributed by atoms with Gasteiger partial charge in [0, 0.05) is 24.5 Å². The Labute approximate surface area is 102 Å². The molecule has 94 valence electrons. The van der Waals surface area contributed by atoms with Crippen molar-refractivity contribution in [3.63, 3.8) is 0 Å². The van der Waals surface area contributed by atoms with Gasteiger partial charge in [0.25, 0.3) is 0 Å². The first kappa shape index (κ1) is 13.3. The first-order valence-electron chi connectivity index (χ1n) is 5.84. The van der Waals surface area contributed by atoms with Gasteiger partial charge in [0.15, 0.2) is 5.84 Å². The number of anilines is 1. The van der Waals surface area contributed by atoms with Crippen LogP contribution in [0.1, 0.15) is 32.9 Å². The number of oxime groups is 1. The van der Waals surface area contributed by atoms with Crippen LogP contribution in [0.25, 0.3) is 0 Å². The molecule has 0 saturated heterocycles. The summed E-state index contributed by atoms with van der Waals surface area (Å²) in [5.41, 5.74) is 7.06. The van der Waals surface area contributed by atoms with Gasteiger partial charge in [-0.05, 0) is 32.4 Å². The number of amidine groups is 1. The van der Waals surface area contributed by atoms with E-state index >= 15 is 0 Å². The predicted octanol–water partition coefficient (Wildman–Crippen LogP) is 1.80. The number of nitrogens with zero attached hydrogens (tertiary/aromatic N) is 3. The third-order valence-corrected chi connectivity index (χ3v) is 2.91. The second kappa shape index (κ2) is 6.08. The van der Waals surface area contributed by atoms with Gasteiger partial charge in [-0.3, -0.25) is 4.98 Å². The van der Waals surface area contributed by atoms with E-state index in [4.69, 9.17) is 10.9 Å². The average Bonchev–Trinajstić information content (AvgIpc) is 2.38. The largest absolute Gasteiger partial charge is 0.409 e. The maximum absolute atomic E-state index is 8.64. The van der Waals surface area contributed by atoms with Gasteiger partial charge < -0.3 is 15.8 Å². The molecule has 0 aliphatic carbocycles. The molecule has 0 fully saturated rings. The molecule has 1 aromatic rings. The highest BCUT2D eigenvalue weighted by molar-refractivity contribution is 5.95. The molecule has 1 heterocycles. The Kier molecular flexibility index (Phi) is 4.75. The molecule has 1 aromatic heterocycles. The Balaban J connectivity index is 3.05. The van der Waals surface area contributed by atoms with Crippen molar-refractivity contribution in [2.45, 2.75) is 33.2 Å². The second-order valence-electron chi connectivity index (χ2n) is 3.93. The zero-order valence-corrected chi connectivity index (χ0v) is 10.6. The highest BCUT2D eigenvalue weighted by atomic mass is 16.4. The summed E-state index contributed by atoms with van der Waals surface area (Å²) in [6.07, 6.45) is 2.74. The molecule has 0 saturated carbocycles. The Bertz CT molecular complexity index is 392. The van der Waals surface area contributed by atoms with E-state index in [1.165, 1.54) is 0 Å². The molecule has 0 aromatic carbocycles. The topological polar surface area (TPSA) is 74.7 Å². The number of hydrogen-bond donors (Lipinski definition) is 2. The van der Waals surface area contributed by atoms with Crippen molar-refractivity contribution in [1.82, 2.24) is 4.98 Å². The van der Waals surface area contributed by atoms with E-state index in [1.807, 2.05) is 12.1 Å². The van der Waals surface area contributed by atoms with E-state index in [-0.39, 0.29) is 5.84 Å². The van der Waals surface area contributed by atoms with E-state index < -0.39 is 0 Å². The van der Waals surface area contributed by atoms with Gasteiger partial charge in [0.05, 0.1) is 0 Å². The van der Waals surface area contributed by atoms with Crippen LogP contribution in [0.3, 0.4) is 0 Å². The van der Waals surface area contributed by atoms with Crippen LogP contribution in [-0.2, 0) is 0 Å². The lowest BCUT2D eigenvalue weighted by atomic mass is 10.2. The highest BCUT2D eigenvalue weighted by Crippen LogP contribution is 2.18. The number of aromatic nitrogens is 1. The minimum Gasteiger partial charge on any atom is -0.409 e. The van der Waals surface area contributed by atoms with Crippen LogP contribution < -0.4 is 10.6 Å². The molecule has 17 heavy (non-hydrogen) atoms. The third kappa shape index (κ3) is 3.09. The van der Waals surface area contributed by atoms with E-state index in [2.05, 4.69) is 35.8 Å². The monoisotopic (exact) mass is 236 g/mol. The summed E-state index contributed by atoms with van der Waals surface area (Å²) in [6, 6.07) is 4.22.